The Hall–Kier alpha value is -3.19. The minimum Gasteiger partial charge on any atom is -0.371 e. The van der Waals surface area contributed by atoms with E-state index in [4.69, 9.17) is 4.52 Å². The SMILES string of the molecule is CC1CCCN(c2ccc(CNC(=O)C3CCCN(Cc4nc(-c5ccc(C(C)(C)C)cc5)no4)C3)cc2)C1. The third-order valence-electron chi connectivity index (χ3n) is 8.14. The number of rotatable bonds is 7. The molecule has 7 heteroatoms. The van der Waals surface area contributed by atoms with E-state index < -0.39 is 0 Å². The lowest BCUT2D eigenvalue weighted by molar-refractivity contribution is -0.127. The van der Waals surface area contributed by atoms with E-state index in [0.717, 1.165) is 49.5 Å². The Morgan fingerprint density at radius 1 is 1.00 bits per heavy atom. The fraction of sp³-hybridized carbons (Fsp3) is 0.531. The predicted octanol–water partition coefficient (Wildman–Crippen LogP) is 5.80. The third kappa shape index (κ3) is 7.07. The normalized spacial score (nSPS) is 20.7. The van der Waals surface area contributed by atoms with Crippen molar-refractivity contribution < 1.29 is 9.32 Å². The van der Waals surface area contributed by atoms with Gasteiger partial charge in [0, 0.05) is 37.4 Å². The van der Waals surface area contributed by atoms with Crippen molar-refractivity contribution in [3.63, 3.8) is 0 Å². The Kier molecular flexibility index (Phi) is 8.36. The number of aromatic nitrogens is 2. The van der Waals surface area contributed by atoms with Gasteiger partial charge in [-0.2, -0.15) is 4.98 Å². The van der Waals surface area contributed by atoms with Gasteiger partial charge < -0.3 is 14.7 Å². The molecule has 0 bridgehead atoms. The zero-order chi connectivity index (χ0) is 27.4. The number of carbonyl (C=O) groups excluding carboxylic acids is 1. The first-order valence-corrected chi connectivity index (χ1v) is 14.5. The molecule has 2 aromatic carbocycles. The second kappa shape index (κ2) is 11.9. The molecule has 0 radical (unpaired) electrons. The van der Waals surface area contributed by atoms with Crippen LogP contribution in [0.15, 0.2) is 53.1 Å². The summed E-state index contributed by atoms with van der Waals surface area (Å²) in [5, 5.41) is 7.37. The number of benzene rings is 2. The van der Waals surface area contributed by atoms with Crippen LogP contribution in [0.25, 0.3) is 11.4 Å². The van der Waals surface area contributed by atoms with Gasteiger partial charge in [-0.25, -0.2) is 0 Å². The fourth-order valence-electron chi connectivity index (χ4n) is 5.74. The second-order valence-electron chi connectivity index (χ2n) is 12.5. The first kappa shape index (κ1) is 27.4. The standard InChI is InChI=1S/C32H43N5O2/c1-23-7-5-18-37(20-23)28-15-9-24(10-16-28)19-33-31(38)26-8-6-17-36(21-26)22-29-34-30(35-39-29)25-11-13-27(14-12-25)32(2,3)4/h9-16,23,26H,5-8,17-22H2,1-4H3,(H,33,38). The molecule has 0 aliphatic carbocycles. The minimum atomic E-state index is -0.0276. The van der Waals surface area contributed by atoms with Crippen molar-refractivity contribution in [2.75, 3.05) is 31.1 Å². The van der Waals surface area contributed by atoms with Crippen LogP contribution in [0.1, 0.15) is 70.4 Å². The molecule has 2 aliphatic heterocycles. The highest BCUT2D eigenvalue weighted by Crippen LogP contribution is 2.26. The molecule has 2 fully saturated rings. The van der Waals surface area contributed by atoms with Gasteiger partial charge in [0.1, 0.15) is 0 Å². The molecule has 208 valence electrons. The second-order valence-corrected chi connectivity index (χ2v) is 12.5. The lowest BCUT2D eigenvalue weighted by atomic mass is 9.87. The van der Waals surface area contributed by atoms with Crippen LogP contribution in [-0.4, -0.2) is 47.1 Å². The van der Waals surface area contributed by atoms with Gasteiger partial charge in [0.2, 0.25) is 17.6 Å². The van der Waals surface area contributed by atoms with Crippen LogP contribution in [-0.2, 0) is 23.3 Å². The number of hydrogen-bond donors (Lipinski definition) is 1. The number of carbonyl (C=O) groups is 1. The highest BCUT2D eigenvalue weighted by Gasteiger charge is 2.27. The maximum atomic E-state index is 13.0. The van der Waals surface area contributed by atoms with Crippen molar-refractivity contribution in [2.24, 2.45) is 11.8 Å². The van der Waals surface area contributed by atoms with Gasteiger partial charge in [-0.05, 0) is 66.8 Å². The summed E-state index contributed by atoms with van der Waals surface area (Å²) in [7, 11) is 0. The Morgan fingerprint density at radius 2 is 1.74 bits per heavy atom. The molecule has 2 unspecified atom stereocenters. The molecule has 0 spiro atoms. The molecule has 2 atom stereocenters. The first-order valence-electron chi connectivity index (χ1n) is 14.5. The summed E-state index contributed by atoms with van der Waals surface area (Å²) in [6.45, 7) is 14.0. The van der Waals surface area contributed by atoms with E-state index in [1.165, 1.54) is 24.1 Å². The largest absolute Gasteiger partial charge is 0.371 e. The number of nitrogens with one attached hydrogen (secondary N) is 1. The van der Waals surface area contributed by atoms with E-state index in [0.29, 0.717) is 31.3 Å². The van der Waals surface area contributed by atoms with Crippen LogP contribution in [0.4, 0.5) is 5.69 Å². The topological polar surface area (TPSA) is 74.5 Å². The van der Waals surface area contributed by atoms with Gasteiger partial charge in [0.25, 0.3) is 0 Å². The lowest BCUT2D eigenvalue weighted by Gasteiger charge is -2.33. The van der Waals surface area contributed by atoms with Gasteiger partial charge in [0.15, 0.2) is 0 Å². The molecule has 3 heterocycles. The van der Waals surface area contributed by atoms with E-state index >= 15 is 0 Å². The lowest BCUT2D eigenvalue weighted by Crippen LogP contribution is -2.42. The molecule has 1 amide bonds. The van der Waals surface area contributed by atoms with Crippen molar-refractivity contribution in [1.29, 1.82) is 0 Å². The molecular weight excluding hydrogens is 486 g/mol. The van der Waals surface area contributed by atoms with Gasteiger partial charge in [-0.3, -0.25) is 9.69 Å². The average Bonchev–Trinajstić information content (AvgIpc) is 3.40. The Bertz CT molecular complexity index is 1230. The van der Waals surface area contributed by atoms with E-state index in [1.807, 2.05) is 0 Å². The van der Waals surface area contributed by atoms with Crippen molar-refractivity contribution in [3.05, 3.63) is 65.5 Å². The van der Waals surface area contributed by atoms with E-state index in [2.05, 4.69) is 101 Å². The monoisotopic (exact) mass is 529 g/mol. The van der Waals surface area contributed by atoms with Crippen LogP contribution >= 0.6 is 0 Å². The Labute approximate surface area is 233 Å². The number of nitrogens with zero attached hydrogens (tertiary/aromatic N) is 4. The van der Waals surface area contributed by atoms with E-state index in [1.54, 1.807) is 0 Å². The van der Waals surface area contributed by atoms with Crippen LogP contribution in [0.5, 0.6) is 0 Å². The summed E-state index contributed by atoms with van der Waals surface area (Å²) in [5.74, 6) is 2.05. The summed E-state index contributed by atoms with van der Waals surface area (Å²) < 4.78 is 5.57. The number of hydrogen-bond acceptors (Lipinski definition) is 6. The Balaban J connectivity index is 1.11. The molecule has 1 aromatic heterocycles. The van der Waals surface area contributed by atoms with Gasteiger partial charge in [0.05, 0.1) is 12.5 Å². The van der Waals surface area contributed by atoms with Crippen LogP contribution in [0.3, 0.4) is 0 Å². The first-order chi connectivity index (χ1) is 18.7. The predicted molar refractivity (Wildman–Crippen MR) is 155 cm³/mol. The summed E-state index contributed by atoms with van der Waals surface area (Å²) in [5.41, 5.74) is 4.75. The number of amides is 1. The molecule has 5 rings (SSSR count). The van der Waals surface area contributed by atoms with Crippen molar-refractivity contribution in [1.82, 2.24) is 20.4 Å². The molecular formula is C32H43N5O2. The van der Waals surface area contributed by atoms with Crippen LogP contribution in [0, 0.1) is 11.8 Å². The summed E-state index contributed by atoms with van der Waals surface area (Å²) in [6, 6.07) is 17.0. The van der Waals surface area contributed by atoms with Crippen LogP contribution in [0.2, 0.25) is 0 Å². The molecule has 2 aliphatic rings. The van der Waals surface area contributed by atoms with E-state index in [9.17, 15) is 4.79 Å². The molecule has 2 saturated heterocycles. The maximum absolute atomic E-state index is 13.0. The van der Waals surface area contributed by atoms with Crippen molar-refractivity contribution >= 4 is 11.6 Å². The summed E-state index contributed by atoms with van der Waals surface area (Å²) in [6.07, 6.45) is 4.47. The highest BCUT2D eigenvalue weighted by molar-refractivity contribution is 5.79. The van der Waals surface area contributed by atoms with Gasteiger partial charge >= 0.3 is 0 Å². The maximum Gasteiger partial charge on any atom is 0.241 e. The zero-order valence-electron chi connectivity index (χ0n) is 23.9. The van der Waals surface area contributed by atoms with Crippen molar-refractivity contribution in [2.45, 2.75) is 71.9 Å². The van der Waals surface area contributed by atoms with E-state index in [-0.39, 0.29) is 17.2 Å². The smallest absolute Gasteiger partial charge is 0.241 e. The quantitative estimate of drug-likeness (QED) is 0.417. The molecule has 1 N–H and O–H groups in total. The summed E-state index contributed by atoms with van der Waals surface area (Å²) >= 11 is 0. The average molecular weight is 530 g/mol. The zero-order valence-corrected chi connectivity index (χ0v) is 23.9. The fourth-order valence-corrected chi connectivity index (χ4v) is 5.74. The third-order valence-corrected chi connectivity index (χ3v) is 8.14. The molecule has 3 aromatic rings. The van der Waals surface area contributed by atoms with Gasteiger partial charge in [-0.15, -0.1) is 0 Å². The molecule has 7 nitrogen and oxygen atoms in total. The number of anilines is 1. The molecule has 0 saturated carbocycles. The minimum absolute atomic E-state index is 0.0276. The van der Waals surface area contributed by atoms with Crippen LogP contribution < -0.4 is 10.2 Å². The van der Waals surface area contributed by atoms with Gasteiger partial charge in [-0.1, -0.05) is 69.2 Å². The number of piperidine rings is 2. The highest BCUT2D eigenvalue weighted by atomic mass is 16.5. The van der Waals surface area contributed by atoms with Crippen molar-refractivity contribution in [3.8, 4) is 11.4 Å². The number of likely N-dealkylation sites (tertiary alicyclic amines) is 1. The molecule has 39 heavy (non-hydrogen) atoms. The Morgan fingerprint density at radius 3 is 2.46 bits per heavy atom. The summed E-state index contributed by atoms with van der Waals surface area (Å²) in [4.78, 5) is 22.4.